The molecule has 1 aliphatic carbocycles. The molecule has 1 saturated carbocycles. The lowest BCUT2D eigenvalue weighted by atomic mass is 10.1. The van der Waals surface area contributed by atoms with E-state index in [2.05, 4.69) is 52.0 Å². The molecule has 0 unspecified atom stereocenters. The molecule has 0 atom stereocenters. The Morgan fingerprint density at radius 1 is 1.11 bits per heavy atom. The summed E-state index contributed by atoms with van der Waals surface area (Å²) in [6.07, 6.45) is 2.51. The summed E-state index contributed by atoms with van der Waals surface area (Å²) in [6.45, 7) is 1.75. The van der Waals surface area contributed by atoms with Crippen molar-refractivity contribution < 1.29 is 4.79 Å². The van der Waals surface area contributed by atoms with Gasteiger partial charge in [-0.1, -0.05) is 42.5 Å². The maximum atomic E-state index is 11.7. The number of amides is 1. The second kappa shape index (κ2) is 8.03. The van der Waals surface area contributed by atoms with Crippen molar-refractivity contribution in [2.45, 2.75) is 32.0 Å². The van der Waals surface area contributed by atoms with Crippen molar-refractivity contribution in [3.63, 3.8) is 0 Å². The van der Waals surface area contributed by atoms with E-state index in [1.165, 1.54) is 24.0 Å². The van der Waals surface area contributed by atoms with Crippen LogP contribution in [0.25, 0.3) is 10.6 Å². The molecule has 4 nitrogen and oxygen atoms in total. The summed E-state index contributed by atoms with van der Waals surface area (Å²) < 4.78 is 0. The van der Waals surface area contributed by atoms with Crippen molar-refractivity contribution in [1.82, 2.24) is 15.2 Å². The number of benzene rings is 2. The van der Waals surface area contributed by atoms with Gasteiger partial charge in [-0.3, -0.25) is 9.69 Å². The van der Waals surface area contributed by atoms with Crippen LogP contribution in [0, 0.1) is 0 Å². The van der Waals surface area contributed by atoms with Crippen LogP contribution in [0.3, 0.4) is 0 Å². The molecule has 0 aliphatic heterocycles. The van der Waals surface area contributed by atoms with Crippen molar-refractivity contribution in [2.24, 2.45) is 0 Å². The van der Waals surface area contributed by atoms with Gasteiger partial charge in [0.1, 0.15) is 5.01 Å². The fraction of sp³-hybridized carbons (Fsp3) is 0.273. The molecule has 0 radical (unpaired) electrons. The van der Waals surface area contributed by atoms with Gasteiger partial charge in [0.25, 0.3) is 5.91 Å². The highest BCUT2D eigenvalue weighted by atomic mass is 32.1. The number of nitrogens with zero attached hydrogens (tertiary/aromatic N) is 2. The van der Waals surface area contributed by atoms with E-state index in [0.717, 1.165) is 23.8 Å². The topological polar surface area (TPSA) is 45.2 Å². The first-order valence-corrected chi connectivity index (χ1v) is 10.2. The Bertz CT molecular complexity index is 901. The average Bonchev–Trinajstić information content (AvgIpc) is 3.47. The fourth-order valence-electron chi connectivity index (χ4n) is 3.20. The number of aromatic nitrogens is 1. The first-order valence-electron chi connectivity index (χ1n) is 9.28. The molecular weight excluding hydrogens is 354 g/mol. The summed E-state index contributed by atoms with van der Waals surface area (Å²) in [5, 5.41) is 5.91. The van der Waals surface area contributed by atoms with Gasteiger partial charge < -0.3 is 5.32 Å². The molecule has 1 amide bonds. The molecule has 5 heteroatoms. The second-order valence-corrected chi connectivity index (χ2v) is 7.78. The van der Waals surface area contributed by atoms with Crippen LogP contribution in [0.1, 0.15) is 34.5 Å². The molecule has 1 N–H and O–H groups in total. The third kappa shape index (κ3) is 4.43. The van der Waals surface area contributed by atoms with Gasteiger partial charge in [0.2, 0.25) is 0 Å². The number of hydrogen-bond donors (Lipinski definition) is 1. The lowest BCUT2D eigenvalue weighted by Crippen LogP contribution is -2.25. The monoisotopic (exact) mass is 377 g/mol. The Morgan fingerprint density at radius 2 is 1.85 bits per heavy atom. The van der Waals surface area contributed by atoms with Gasteiger partial charge in [0.15, 0.2) is 0 Å². The van der Waals surface area contributed by atoms with Crippen LogP contribution in [0.4, 0.5) is 0 Å². The van der Waals surface area contributed by atoms with E-state index < -0.39 is 0 Å². The minimum atomic E-state index is -0.0449. The van der Waals surface area contributed by atoms with Crippen LogP contribution in [0.2, 0.25) is 0 Å². The van der Waals surface area contributed by atoms with Gasteiger partial charge in [0, 0.05) is 42.7 Å². The highest BCUT2D eigenvalue weighted by Crippen LogP contribution is 2.31. The first-order chi connectivity index (χ1) is 13.2. The number of thiazole rings is 1. The molecule has 1 aromatic heterocycles. The third-order valence-electron chi connectivity index (χ3n) is 4.83. The van der Waals surface area contributed by atoms with E-state index in [1.54, 1.807) is 18.4 Å². The molecule has 1 heterocycles. The minimum Gasteiger partial charge on any atom is -0.355 e. The predicted octanol–water partition coefficient (Wildman–Crippen LogP) is 4.33. The highest BCUT2D eigenvalue weighted by Gasteiger charge is 2.29. The normalized spacial score (nSPS) is 13.7. The van der Waals surface area contributed by atoms with E-state index in [-0.39, 0.29) is 5.91 Å². The quantitative estimate of drug-likeness (QED) is 0.666. The molecule has 4 rings (SSSR count). The van der Waals surface area contributed by atoms with Crippen LogP contribution in [0.15, 0.2) is 60.0 Å². The van der Waals surface area contributed by atoms with Crippen LogP contribution in [-0.2, 0) is 13.1 Å². The van der Waals surface area contributed by atoms with Crippen LogP contribution in [0.5, 0.6) is 0 Å². The van der Waals surface area contributed by atoms with E-state index in [1.807, 2.05) is 18.2 Å². The molecule has 3 aromatic rings. The Morgan fingerprint density at radius 3 is 2.52 bits per heavy atom. The second-order valence-electron chi connectivity index (χ2n) is 6.92. The van der Waals surface area contributed by atoms with Crippen LogP contribution >= 0.6 is 11.3 Å². The lowest BCUT2D eigenvalue weighted by Gasteiger charge is -2.21. The van der Waals surface area contributed by atoms with E-state index in [9.17, 15) is 4.79 Å². The maximum absolute atomic E-state index is 11.7. The average molecular weight is 378 g/mol. The van der Waals surface area contributed by atoms with Crippen LogP contribution < -0.4 is 5.32 Å². The molecule has 1 aliphatic rings. The number of nitrogens with one attached hydrogen (secondary N) is 1. The molecular formula is C22H23N3OS. The van der Waals surface area contributed by atoms with E-state index in [4.69, 9.17) is 4.98 Å². The Hall–Kier alpha value is -2.50. The zero-order valence-electron chi connectivity index (χ0n) is 15.4. The number of carbonyl (C=O) groups is 1. The summed E-state index contributed by atoms with van der Waals surface area (Å²) in [6, 6.07) is 18.9. The molecule has 138 valence electrons. The van der Waals surface area contributed by atoms with Crippen molar-refractivity contribution in [1.29, 1.82) is 0 Å². The number of hydrogen-bond acceptors (Lipinski definition) is 4. The number of carbonyl (C=O) groups excluding carboxylic acids is 1. The van der Waals surface area contributed by atoms with Gasteiger partial charge in [0.05, 0.1) is 5.69 Å². The Balaban J connectivity index is 1.45. The largest absolute Gasteiger partial charge is 0.355 e. The zero-order chi connectivity index (χ0) is 18.6. The molecule has 0 bridgehead atoms. The zero-order valence-corrected chi connectivity index (χ0v) is 16.2. The maximum Gasteiger partial charge on any atom is 0.251 e. The molecule has 0 spiro atoms. The highest BCUT2D eigenvalue weighted by molar-refractivity contribution is 7.13. The molecule has 2 aromatic carbocycles. The lowest BCUT2D eigenvalue weighted by molar-refractivity contribution is 0.0963. The smallest absolute Gasteiger partial charge is 0.251 e. The fourth-order valence-corrected chi connectivity index (χ4v) is 4.01. The van der Waals surface area contributed by atoms with Gasteiger partial charge >= 0.3 is 0 Å². The van der Waals surface area contributed by atoms with Crippen molar-refractivity contribution in [3.05, 3.63) is 76.8 Å². The third-order valence-corrected chi connectivity index (χ3v) is 5.77. The number of rotatable bonds is 7. The summed E-state index contributed by atoms with van der Waals surface area (Å²) in [5.41, 5.74) is 4.24. The SMILES string of the molecule is CNC(=O)c1ccc(CN(Cc2csc(-c3ccccc3)n2)C2CC2)cc1. The Labute approximate surface area is 163 Å². The van der Waals surface area contributed by atoms with E-state index in [0.29, 0.717) is 11.6 Å². The summed E-state index contributed by atoms with van der Waals surface area (Å²) >= 11 is 1.71. The van der Waals surface area contributed by atoms with Crippen molar-refractivity contribution in [3.8, 4) is 10.6 Å². The summed E-state index contributed by atoms with van der Waals surface area (Å²) in [5.74, 6) is -0.0449. The van der Waals surface area contributed by atoms with E-state index >= 15 is 0 Å². The summed E-state index contributed by atoms with van der Waals surface area (Å²) in [7, 11) is 1.66. The van der Waals surface area contributed by atoms with Gasteiger partial charge in [-0.2, -0.15) is 0 Å². The molecule has 27 heavy (non-hydrogen) atoms. The molecule has 0 saturated heterocycles. The Kier molecular flexibility index (Phi) is 5.32. The van der Waals surface area contributed by atoms with Crippen LogP contribution in [-0.4, -0.2) is 28.9 Å². The predicted molar refractivity (Wildman–Crippen MR) is 110 cm³/mol. The van der Waals surface area contributed by atoms with Gasteiger partial charge in [-0.05, 0) is 30.5 Å². The summed E-state index contributed by atoms with van der Waals surface area (Å²) in [4.78, 5) is 19.0. The minimum absolute atomic E-state index is 0.0449. The first kappa shape index (κ1) is 17.9. The standard InChI is InChI=1S/C22H23N3OS/c1-23-21(26)17-9-7-16(8-10-17)13-25(20-11-12-20)14-19-15-27-22(24-19)18-5-3-2-4-6-18/h2-10,15,20H,11-14H2,1H3,(H,23,26). The van der Waals surface area contributed by atoms with Crippen molar-refractivity contribution in [2.75, 3.05) is 7.05 Å². The molecule has 1 fully saturated rings. The van der Waals surface area contributed by atoms with Gasteiger partial charge in [-0.25, -0.2) is 4.98 Å². The van der Waals surface area contributed by atoms with Crippen molar-refractivity contribution >= 4 is 17.2 Å². The van der Waals surface area contributed by atoms with Gasteiger partial charge in [-0.15, -0.1) is 11.3 Å².